The number of carbonyl (C=O) groups excluding carboxylic acids is 1. The number of thiazole rings is 1. The molecule has 0 aliphatic carbocycles. The molecule has 0 aliphatic rings. The number of hydrogen-bond acceptors (Lipinski definition) is 4. The Bertz CT molecular complexity index is 748. The summed E-state index contributed by atoms with van der Waals surface area (Å²) in [6.07, 6.45) is 3.33. The summed E-state index contributed by atoms with van der Waals surface area (Å²) in [5.74, 6) is -0.165. The first-order valence-electron chi connectivity index (χ1n) is 6.50. The summed E-state index contributed by atoms with van der Waals surface area (Å²) in [6.45, 7) is 2.51. The van der Waals surface area contributed by atoms with E-state index in [9.17, 15) is 4.79 Å². The van der Waals surface area contributed by atoms with E-state index in [2.05, 4.69) is 15.4 Å². The van der Waals surface area contributed by atoms with Crippen LogP contribution in [-0.2, 0) is 6.54 Å². The first-order valence-corrected chi connectivity index (χ1v) is 7.38. The number of rotatable bonds is 4. The predicted molar refractivity (Wildman–Crippen MR) is 82.6 cm³/mol. The fourth-order valence-corrected chi connectivity index (χ4v) is 2.63. The number of nitrogens with one attached hydrogen (secondary N) is 1. The Morgan fingerprint density at radius 1 is 1.33 bits per heavy atom. The minimum atomic E-state index is -0.165. The molecule has 3 rings (SSSR count). The predicted octanol–water partition coefficient (Wildman–Crippen LogP) is 2.95. The summed E-state index contributed by atoms with van der Waals surface area (Å²) in [5.41, 5.74) is 4.22. The Morgan fingerprint density at radius 2 is 2.14 bits per heavy atom. The summed E-state index contributed by atoms with van der Waals surface area (Å²) < 4.78 is 1.75. The van der Waals surface area contributed by atoms with Gasteiger partial charge in [0.1, 0.15) is 5.00 Å². The summed E-state index contributed by atoms with van der Waals surface area (Å²) in [6, 6.07) is 10.0. The average molecular weight is 298 g/mol. The zero-order valence-corrected chi connectivity index (χ0v) is 12.3. The van der Waals surface area contributed by atoms with Crippen LogP contribution >= 0.6 is 11.3 Å². The normalized spacial score (nSPS) is 10.5. The minimum absolute atomic E-state index is 0.165. The van der Waals surface area contributed by atoms with Crippen LogP contribution in [0, 0.1) is 6.92 Å². The molecular weight excluding hydrogens is 284 g/mol. The van der Waals surface area contributed by atoms with Crippen LogP contribution < -0.4 is 5.32 Å². The number of amides is 1. The van der Waals surface area contributed by atoms with Gasteiger partial charge in [0.05, 0.1) is 29.5 Å². The van der Waals surface area contributed by atoms with Gasteiger partial charge in [-0.25, -0.2) is 4.98 Å². The van der Waals surface area contributed by atoms with Crippen molar-refractivity contribution >= 4 is 22.2 Å². The van der Waals surface area contributed by atoms with Gasteiger partial charge in [0.15, 0.2) is 0 Å². The van der Waals surface area contributed by atoms with Crippen molar-refractivity contribution in [1.29, 1.82) is 0 Å². The van der Waals surface area contributed by atoms with Gasteiger partial charge in [0.25, 0.3) is 5.91 Å². The number of hydrogen-bond donors (Lipinski definition) is 1. The number of aryl methyl sites for hydroxylation is 1. The number of anilines is 1. The van der Waals surface area contributed by atoms with E-state index in [0.717, 1.165) is 16.3 Å². The topological polar surface area (TPSA) is 59.8 Å². The summed E-state index contributed by atoms with van der Waals surface area (Å²) in [5, 5.41) is 7.85. The zero-order valence-electron chi connectivity index (χ0n) is 11.5. The maximum absolute atomic E-state index is 12.1. The molecule has 6 heteroatoms. The molecule has 0 atom stereocenters. The van der Waals surface area contributed by atoms with Crippen LogP contribution in [0.2, 0.25) is 0 Å². The molecule has 0 unspecified atom stereocenters. The van der Waals surface area contributed by atoms with E-state index in [-0.39, 0.29) is 5.91 Å². The highest BCUT2D eigenvalue weighted by atomic mass is 32.1. The van der Waals surface area contributed by atoms with E-state index in [1.165, 1.54) is 11.3 Å². The van der Waals surface area contributed by atoms with Crippen LogP contribution in [0.1, 0.15) is 21.6 Å². The van der Waals surface area contributed by atoms with Gasteiger partial charge in [0.2, 0.25) is 0 Å². The summed E-state index contributed by atoms with van der Waals surface area (Å²) in [7, 11) is 0. The zero-order chi connectivity index (χ0) is 14.7. The molecule has 1 amide bonds. The fraction of sp³-hybridized carbons (Fsp3) is 0.133. The molecule has 3 aromatic rings. The van der Waals surface area contributed by atoms with Crippen LogP contribution in [-0.4, -0.2) is 20.7 Å². The van der Waals surface area contributed by atoms with Gasteiger partial charge in [-0.15, -0.1) is 11.3 Å². The van der Waals surface area contributed by atoms with Crippen molar-refractivity contribution in [2.75, 3.05) is 5.32 Å². The molecule has 0 aliphatic heterocycles. The second-order valence-electron chi connectivity index (χ2n) is 4.63. The quantitative estimate of drug-likeness (QED) is 0.805. The van der Waals surface area contributed by atoms with Crippen molar-refractivity contribution < 1.29 is 4.79 Å². The van der Waals surface area contributed by atoms with E-state index >= 15 is 0 Å². The van der Waals surface area contributed by atoms with E-state index in [1.807, 2.05) is 37.3 Å². The van der Waals surface area contributed by atoms with Crippen LogP contribution in [0.25, 0.3) is 0 Å². The first-order chi connectivity index (χ1) is 10.2. The molecule has 0 saturated heterocycles. The monoisotopic (exact) mass is 298 g/mol. The standard InChI is InChI=1S/C15H14N4OS/c1-11-15(21-10-16-11)18-14(20)13-7-17-19(9-13)8-12-5-3-2-4-6-12/h2-7,9-10H,8H2,1H3,(H,18,20). The Hall–Kier alpha value is -2.47. The maximum atomic E-state index is 12.1. The molecule has 0 bridgehead atoms. The number of benzene rings is 1. The molecule has 0 radical (unpaired) electrons. The largest absolute Gasteiger partial charge is 0.312 e. The smallest absolute Gasteiger partial charge is 0.259 e. The lowest BCUT2D eigenvalue weighted by Crippen LogP contribution is -2.11. The summed E-state index contributed by atoms with van der Waals surface area (Å²) >= 11 is 1.41. The van der Waals surface area contributed by atoms with E-state index in [4.69, 9.17) is 0 Å². The molecule has 0 saturated carbocycles. The van der Waals surface area contributed by atoms with E-state index in [0.29, 0.717) is 12.1 Å². The Morgan fingerprint density at radius 3 is 2.86 bits per heavy atom. The molecule has 1 aromatic carbocycles. The Kier molecular flexibility index (Phi) is 3.79. The third kappa shape index (κ3) is 3.17. The fourth-order valence-electron chi connectivity index (χ4n) is 1.93. The highest BCUT2D eigenvalue weighted by Gasteiger charge is 2.11. The van der Waals surface area contributed by atoms with Crippen LogP contribution in [0.3, 0.4) is 0 Å². The Labute approximate surface area is 126 Å². The molecule has 0 fully saturated rings. The molecule has 0 spiro atoms. The van der Waals surface area contributed by atoms with Crippen molar-refractivity contribution in [2.45, 2.75) is 13.5 Å². The van der Waals surface area contributed by atoms with Gasteiger partial charge in [-0.1, -0.05) is 30.3 Å². The first kappa shape index (κ1) is 13.5. The SMILES string of the molecule is Cc1ncsc1NC(=O)c1cnn(Cc2ccccc2)c1. The van der Waals surface area contributed by atoms with E-state index < -0.39 is 0 Å². The third-order valence-electron chi connectivity index (χ3n) is 3.06. The van der Waals surface area contributed by atoms with Gasteiger partial charge >= 0.3 is 0 Å². The number of nitrogens with zero attached hydrogens (tertiary/aromatic N) is 3. The van der Waals surface area contributed by atoms with Gasteiger partial charge in [-0.05, 0) is 12.5 Å². The Balaban J connectivity index is 1.70. The third-order valence-corrected chi connectivity index (χ3v) is 3.90. The highest BCUT2D eigenvalue weighted by molar-refractivity contribution is 7.14. The second kappa shape index (κ2) is 5.88. The van der Waals surface area contributed by atoms with Crippen molar-refractivity contribution in [3.8, 4) is 0 Å². The average Bonchev–Trinajstić information content (AvgIpc) is 3.10. The molecule has 21 heavy (non-hydrogen) atoms. The van der Waals surface area contributed by atoms with Crippen LogP contribution in [0.4, 0.5) is 5.00 Å². The lowest BCUT2D eigenvalue weighted by atomic mass is 10.2. The number of carbonyl (C=O) groups is 1. The van der Waals surface area contributed by atoms with Crippen molar-refractivity contribution in [3.05, 3.63) is 65.1 Å². The second-order valence-corrected chi connectivity index (χ2v) is 5.49. The number of aromatic nitrogens is 3. The molecule has 106 valence electrons. The lowest BCUT2D eigenvalue weighted by molar-refractivity contribution is 0.102. The van der Waals surface area contributed by atoms with Crippen LogP contribution in [0.15, 0.2) is 48.2 Å². The molecular formula is C15H14N4OS. The maximum Gasteiger partial charge on any atom is 0.259 e. The molecule has 1 N–H and O–H groups in total. The summed E-state index contributed by atoms with van der Waals surface area (Å²) in [4.78, 5) is 16.3. The van der Waals surface area contributed by atoms with Crippen molar-refractivity contribution in [2.24, 2.45) is 0 Å². The lowest BCUT2D eigenvalue weighted by Gasteiger charge is -2.01. The van der Waals surface area contributed by atoms with Gasteiger partial charge < -0.3 is 5.32 Å². The minimum Gasteiger partial charge on any atom is -0.312 e. The van der Waals surface area contributed by atoms with Crippen LogP contribution in [0.5, 0.6) is 0 Å². The molecule has 2 heterocycles. The molecule has 5 nitrogen and oxygen atoms in total. The van der Waals surface area contributed by atoms with E-state index in [1.54, 1.807) is 22.6 Å². The van der Waals surface area contributed by atoms with Gasteiger partial charge in [-0.2, -0.15) is 5.10 Å². The van der Waals surface area contributed by atoms with Gasteiger partial charge in [0, 0.05) is 6.20 Å². The van der Waals surface area contributed by atoms with Crippen molar-refractivity contribution in [3.63, 3.8) is 0 Å². The van der Waals surface area contributed by atoms with Crippen molar-refractivity contribution in [1.82, 2.24) is 14.8 Å². The highest BCUT2D eigenvalue weighted by Crippen LogP contribution is 2.19. The molecule has 2 aromatic heterocycles. The van der Waals surface area contributed by atoms with Gasteiger partial charge in [-0.3, -0.25) is 9.48 Å².